The third kappa shape index (κ3) is 3.86. The Morgan fingerprint density at radius 3 is 2.61 bits per heavy atom. The Labute approximate surface area is 109 Å². The zero-order valence-corrected chi connectivity index (χ0v) is 11.6. The fourth-order valence-corrected chi connectivity index (χ4v) is 2.34. The number of rotatable bonds is 4. The van der Waals surface area contributed by atoms with E-state index in [0.717, 1.165) is 5.69 Å². The first-order chi connectivity index (χ1) is 8.63. The van der Waals surface area contributed by atoms with E-state index in [1.54, 1.807) is 0 Å². The Morgan fingerprint density at radius 1 is 1.22 bits per heavy atom. The Kier molecular flexibility index (Phi) is 4.39. The van der Waals surface area contributed by atoms with Crippen LogP contribution in [0.4, 0.5) is 5.95 Å². The van der Waals surface area contributed by atoms with E-state index in [1.165, 1.54) is 32.1 Å². The lowest BCUT2D eigenvalue weighted by Crippen LogP contribution is -2.23. The highest BCUT2D eigenvalue weighted by molar-refractivity contribution is 5.31. The second kappa shape index (κ2) is 6.03. The summed E-state index contributed by atoms with van der Waals surface area (Å²) >= 11 is 0. The summed E-state index contributed by atoms with van der Waals surface area (Å²) in [6, 6.07) is 2.40. The molecule has 2 rings (SSSR count). The number of aryl methyl sites for hydroxylation is 1. The fourth-order valence-electron chi connectivity index (χ4n) is 2.34. The van der Waals surface area contributed by atoms with E-state index < -0.39 is 0 Å². The van der Waals surface area contributed by atoms with Gasteiger partial charge in [-0.3, -0.25) is 0 Å². The standard InChI is InChI=1S/C14H23N3O/c1-10(2)18-13-9-11(3)15-14(17-13)16-12-7-5-4-6-8-12/h9-10,12H,4-8H2,1-3H3,(H,15,16,17). The molecule has 4 heteroatoms. The van der Waals surface area contributed by atoms with E-state index in [2.05, 4.69) is 15.3 Å². The molecular formula is C14H23N3O. The molecule has 0 radical (unpaired) electrons. The van der Waals surface area contributed by atoms with Gasteiger partial charge in [-0.2, -0.15) is 4.98 Å². The fraction of sp³-hybridized carbons (Fsp3) is 0.714. The number of nitrogens with zero attached hydrogens (tertiary/aromatic N) is 2. The Bertz CT molecular complexity index is 387. The molecule has 1 saturated carbocycles. The zero-order chi connectivity index (χ0) is 13.0. The first-order valence-electron chi connectivity index (χ1n) is 6.92. The number of aromatic nitrogens is 2. The summed E-state index contributed by atoms with van der Waals surface area (Å²) in [5.41, 5.74) is 0.943. The molecule has 100 valence electrons. The van der Waals surface area contributed by atoms with E-state index in [0.29, 0.717) is 17.9 Å². The lowest BCUT2D eigenvalue weighted by Gasteiger charge is -2.23. The normalized spacial score (nSPS) is 16.9. The minimum atomic E-state index is 0.141. The van der Waals surface area contributed by atoms with Gasteiger partial charge in [0.05, 0.1) is 6.10 Å². The third-order valence-corrected chi connectivity index (χ3v) is 3.13. The third-order valence-electron chi connectivity index (χ3n) is 3.13. The van der Waals surface area contributed by atoms with Crippen LogP contribution in [0.2, 0.25) is 0 Å². The van der Waals surface area contributed by atoms with Crippen LogP contribution in [-0.2, 0) is 0 Å². The van der Waals surface area contributed by atoms with Crippen molar-refractivity contribution in [2.24, 2.45) is 0 Å². The quantitative estimate of drug-likeness (QED) is 0.889. The van der Waals surface area contributed by atoms with Crippen molar-refractivity contribution in [3.8, 4) is 5.88 Å². The van der Waals surface area contributed by atoms with Gasteiger partial charge in [-0.1, -0.05) is 19.3 Å². The van der Waals surface area contributed by atoms with Crippen LogP contribution >= 0.6 is 0 Å². The molecule has 1 aromatic rings. The van der Waals surface area contributed by atoms with Gasteiger partial charge < -0.3 is 10.1 Å². The maximum Gasteiger partial charge on any atom is 0.226 e. The van der Waals surface area contributed by atoms with Crippen molar-refractivity contribution in [2.45, 2.75) is 65.0 Å². The number of hydrogen-bond donors (Lipinski definition) is 1. The van der Waals surface area contributed by atoms with Gasteiger partial charge in [-0.15, -0.1) is 0 Å². The van der Waals surface area contributed by atoms with Gasteiger partial charge in [0.25, 0.3) is 0 Å². The Hall–Kier alpha value is -1.32. The first kappa shape index (κ1) is 13.1. The van der Waals surface area contributed by atoms with Gasteiger partial charge in [0, 0.05) is 17.8 Å². The number of anilines is 1. The summed E-state index contributed by atoms with van der Waals surface area (Å²) < 4.78 is 5.63. The summed E-state index contributed by atoms with van der Waals surface area (Å²) in [7, 11) is 0. The van der Waals surface area contributed by atoms with Crippen LogP contribution in [0, 0.1) is 6.92 Å². The molecule has 0 aliphatic heterocycles. The summed E-state index contributed by atoms with van der Waals surface area (Å²) in [5.74, 6) is 1.37. The second-order valence-corrected chi connectivity index (χ2v) is 5.32. The summed E-state index contributed by atoms with van der Waals surface area (Å²) in [5, 5.41) is 3.43. The highest BCUT2D eigenvalue weighted by Gasteiger charge is 2.15. The van der Waals surface area contributed by atoms with E-state index in [9.17, 15) is 0 Å². The van der Waals surface area contributed by atoms with Crippen molar-refractivity contribution in [1.29, 1.82) is 0 Å². The van der Waals surface area contributed by atoms with Crippen molar-refractivity contribution in [3.63, 3.8) is 0 Å². The van der Waals surface area contributed by atoms with Gasteiger partial charge in [0.15, 0.2) is 0 Å². The number of hydrogen-bond acceptors (Lipinski definition) is 4. The van der Waals surface area contributed by atoms with Crippen molar-refractivity contribution in [2.75, 3.05) is 5.32 Å². The Morgan fingerprint density at radius 2 is 1.94 bits per heavy atom. The smallest absolute Gasteiger partial charge is 0.226 e. The molecule has 0 aromatic carbocycles. The maximum absolute atomic E-state index is 5.63. The molecule has 0 saturated heterocycles. The summed E-state index contributed by atoms with van der Waals surface area (Å²) in [4.78, 5) is 8.86. The average molecular weight is 249 g/mol. The maximum atomic E-state index is 5.63. The van der Waals surface area contributed by atoms with Gasteiger partial charge in [0.1, 0.15) is 0 Å². The van der Waals surface area contributed by atoms with Crippen LogP contribution in [0.25, 0.3) is 0 Å². The topological polar surface area (TPSA) is 47.0 Å². The molecule has 1 fully saturated rings. The molecule has 1 aliphatic rings. The molecule has 1 heterocycles. The summed E-state index contributed by atoms with van der Waals surface area (Å²) in [6.07, 6.45) is 6.54. The van der Waals surface area contributed by atoms with Gasteiger partial charge in [-0.25, -0.2) is 4.98 Å². The van der Waals surface area contributed by atoms with Crippen molar-refractivity contribution < 1.29 is 4.74 Å². The molecule has 0 unspecified atom stereocenters. The molecule has 1 aromatic heterocycles. The molecule has 1 aliphatic carbocycles. The van der Waals surface area contributed by atoms with E-state index in [-0.39, 0.29) is 6.10 Å². The largest absolute Gasteiger partial charge is 0.475 e. The predicted molar refractivity (Wildman–Crippen MR) is 73.0 cm³/mol. The minimum absolute atomic E-state index is 0.141. The lowest BCUT2D eigenvalue weighted by molar-refractivity contribution is 0.232. The summed E-state index contributed by atoms with van der Waals surface area (Å²) in [6.45, 7) is 5.98. The van der Waals surface area contributed by atoms with Crippen molar-refractivity contribution in [1.82, 2.24) is 9.97 Å². The van der Waals surface area contributed by atoms with Crippen LogP contribution in [0.3, 0.4) is 0 Å². The lowest BCUT2D eigenvalue weighted by atomic mass is 9.96. The van der Waals surface area contributed by atoms with Crippen LogP contribution in [0.15, 0.2) is 6.07 Å². The monoisotopic (exact) mass is 249 g/mol. The van der Waals surface area contributed by atoms with Gasteiger partial charge >= 0.3 is 0 Å². The SMILES string of the molecule is Cc1cc(OC(C)C)nc(NC2CCCCC2)n1. The van der Waals surface area contributed by atoms with Crippen molar-refractivity contribution >= 4 is 5.95 Å². The molecule has 0 spiro atoms. The van der Waals surface area contributed by atoms with Gasteiger partial charge in [0.2, 0.25) is 11.8 Å². The first-order valence-corrected chi connectivity index (χ1v) is 6.92. The number of ether oxygens (including phenoxy) is 1. The van der Waals surface area contributed by atoms with Crippen LogP contribution in [0.1, 0.15) is 51.6 Å². The number of nitrogens with one attached hydrogen (secondary N) is 1. The molecule has 18 heavy (non-hydrogen) atoms. The Balaban J connectivity index is 2.04. The van der Waals surface area contributed by atoms with E-state index in [1.807, 2.05) is 26.8 Å². The molecule has 1 N–H and O–H groups in total. The van der Waals surface area contributed by atoms with Crippen LogP contribution in [0.5, 0.6) is 5.88 Å². The van der Waals surface area contributed by atoms with Crippen LogP contribution < -0.4 is 10.1 Å². The van der Waals surface area contributed by atoms with Crippen molar-refractivity contribution in [3.05, 3.63) is 11.8 Å². The van der Waals surface area contributed by atoms with E-state index >= 15 is 0 Å². The molecule has 0 amide bonds. The van der Waals surface area contributed by atoms with Gasteiger partial charge in [-0.05, 0) is 33.6 Å². The zero-order valence-electron chi connectivity index (χ0n) is 11.6. The minimum Gasteiger partial charge on any atom is -0.475 e. The molecule has 4 nitrogen and oxygen atoms in total. The molecule has 0 bridgehead atoms. The second-order valence-electron chi connectivity index (χ2n) is 5.32. The highest BCUT2D eigenvalue weighted by atomic mass is 16.5. The molecule has 0 atom stereocenters. The average Bonchev–Trinajstić information content (AvgIpc) is 2.28. The van der Waals surface area contributed by atoms with E-state index in [4.69, 9.17) is 4.74 Å². The highest BCUT2D eigenvalue weighted by Crippen LogP contribution is 2.21. The molecular weight excluding hydrogens is 226 g/mol. The van der Waals surface area contributed by atoms with Crippen LogP contribution in [-0.4, -0.2) is 22.1 Å². The predicted octanol–water partition coefficient (Wildman–Crippen LogP) is 3.32.